The summed E-state index contributed by atoms with van der Waals surface area (Å²) in [4.78, 5) is 25.1. The van der Waals surface area contributed by atoms with E-state index in [2.05, 4.69) is 5.32 Å². The van der Waals surface area contributed by atoms with Crippen LogP contribution in [0.1, 0.15) is 23.6 Å². The van der Waals surface area contributed by atoms with E-state index >= 15 is 0 Å². The number of methoxy groups -OCH3 is 1. The first-order chi connectivity index (χ1) is 12.1. The quantitative estimate of drug-likeness (QED) is 0.860. The maximum atomic E-state index is 12.6. The Bertz CT molecular complexity index is 821. The van der Waals surface area contributed by atoms with Gasteiger partial charge in [-0.05, 0) is 23.3 Å². The van der Waals surface area contributed by atoms with Crippen molar-refractivity contribution in [3.05, 3.63) is 70.7 Å². The molecule has 4 rings (SSSR count). The first-order valence-corrected chi connectivity index (χ1v) is 8.63. The van der Waals surface area contributed by atoms with Gasteiger partial charge in [0.1, 0.15) is 11.8 Å². The van der Waals surface area contributed by atoms with Crippen molar-refractivity contribution in [1.29, 1.82) is 0 Å². The summed E-state index contributed by atoms with van der Waals surface area (Å²) in [6.45, 7) is 0. The van der Waals surface area contributed by atoms with Gasteiger partial charge in [-0.25, -0.2) is 0 Å². The monoisotopic (exact) mass is 355 g/mol. The third-order valence-electron chi connectivity index (χ3n) is 5.54. The molecular formula is C20H18ClNO3. The van der Waals surface area contributed by atoms with Crippen LogP contribution in [0.5, 0.6) is 0 Å². The SMILES string of the molecule is COC(=O)[C@H]1N[C@@H](c2ccc(Cl)cc2)[C@H]2C(=O)C[C@@]12c1ccccc1. The molecule has 25 heavy (non-hydrogen) atoms. The predicted octanol–water partition coefficient (Wildman–Crippen LogP) is 3.05. The molecule has 0 aromatic heterocycles. The number of esters is 1. The smallest absolute Gasteiger partial charge is 0.323 e. The second kappa shape index (κ2) is 5.97. The molecule has 2 fully saturated rings. The summed E-state index contributed by atoms with van der Waals surface area (Å²) in [7, 11) is 1.38. The highest BCUT2D eigenvalue weighted by atomic mass is 35.5. The van der Waals surface area contributed by atoms with Crippen LogP contribution in [-0.2, 0) is 19.7 Å². The van der Waals surface area contributed by atoms with Crippen molar-refractivity contribution in [1.82, 2.24) is 5.32 Å². The van der Waals surface area contributed by atoms with Gasteiger partial charge >= 0.3 is 5.97 Å². The molecule has 128 valence electrons. The summed E-state index contributed by atoms with van der Waals surface area (Å²) in [6.07, 6.45) is 0.346. The zero-order valence-corrected chi connectivity index (χ0v) is 14.5. The maximum absolute atomic E-state index is 12.6. The van der Waals surface area contributed by atoms with Gasteiger partial charge in [-0.3, -0.25) is 14.9 Å². The molecule has 0 radical (unpaired) electrons. The number of benzene rings is 2. The molecule has 1 aliphatic heterocycles. The van der Waals surface area contributed by atoms with Crippen molar-refractivity contribution in [2.45, 2.75) is 23.9 Å². The lowest BCUT2D eigenvalue weighted by molar-refractivity contribution is -0.148. The Hall–Kier alpha value is -2.17. The third-order valence-corrected chi connectivity index (χ3v) is 5.79. The number of fused-ring (bicyclic) bond motifs is 1. The van der Waals surface area contributed by atoms with E-state index in [4.69, 9.17) is 16.3 Å². The van der Waals surface area contributed by atoms with Crippen molar-refractivity contribution < 1.29 is 14.3 Å². The fraction of sp³-hybridized carbons (Fsp3) is 0.300. The Balaban J connectivity index is 1.82. The van der Waals surface area contributed by atoms with Crippen LogP contribution in [0.25, 0.3) is 0 Å². The van der Waals surface area contributed by atoms with Crippen LogP contribution in [0.4, 0.5) is 0 Å². The molecule has 2 aromatic rings. The van der Waals surface area contributed by atoms with E-state index in [0.717, 1.165) is 11.1 Å². The average Bonchev–Trinajstić information content (AvgIpc) is 2.92. The van der Waals surface area contributed by atoms with E-state index in [0.29, 0.717) is 11.4 Å². The fourth-order valence-corrected chi connectivity index (χ4v) is 4.53. The average molecular weight is 356 g/mol. The molecule has 2 aliphatic rings. The first kappa shape index (κ1) is 16.3. The molecular weight excluding hydrogens is 338 g/mol. The lowest BCUT2D eigenvalue weighted by atomic mass is 9.53. The van der Waals surface area contributed by atoms with Gasteiger partial charge in [0.25, 0.3) is 0 Å². The molecule has 5 heteroatoms. The number of carbonyl (C=O) groups excluding carboxylic acids is 2. The van der Waals surface area contributed by atoms with Crippen molar-refractivity contribution in [3.63, 3.8) is 0 Å². The minimum absolute atomic E-state index is 0.169. The molecule has 0 amide bonds. The molecule has 0 bridgehead atoms. The highest BCUT2D eigenvalue weighted by molar-refractivity contribution is 6.30. The molecule has 2 aromatic carbocycles. The van der Waals surface area contributed by atoms with Crippen LogP contribution >= 0.6 is 11.6 Å². The van der Waals surface area contributed by atoms with Gasteiger partial charge in [0.15, 0.2) is 0 Å². The summed E-state index contributed by atoms with van der Waals surface area (Å²) in [5, 5.41) is 4.01. The minimum atomic E-state index is -0.560. The van der Waals surface area contributed by atoms with Crippen molar-refractivity contribution >= 4 is 23.4 Å². The van der Waals surface area contributed by atoms with E-state index in [1.54, 1.807) is 12.1 Å². The normalized spacial score (nSPS) is 30.5. The largest absolute Gasteiger partial charge is 0.468 e. The number of hydrogen-bond acceptors (Lipinski definition) is 4. The van der Waals surface area contributed by atoms with Gasteiger partial charge in [0.05, 0.1) is 7.11 Å². The molecule has 1 heterocycles. The summed E-state index contributed by atoms with van der Waals surface area (Å²) in [5.74, 6) is -0.458. The zero-order valence-electron chi connectivity index (χ0n) is 13.7. The molecule has 0 spiro atoms. The second-order valence-corrected chi connectivity index (χ2v) is 7.12. The number of ether oxygens (including phenoxy) is 1. The zero-order chi connectivity index (χ0) is 17.6. The minimum Gasteiger partial charge on any atom is -0.468 e. The molecule has 1 saturated heterocycles. The number of nitrogens with one attached hydrogen (secondary N) is 1. The van der Waals surface area contributed by atoms with Gasteiger partial charge < -0.3 is 4.74 Å². The van der Waals surface area contributed by atoms with E-state index in [1.807, 2.05) is 42.5 Å². The van der Waals surface area contributed by atoms with Gasteiger partial charge in [0.2, 0.25) is 0 Å². The van der Waals surface area contributed by atoms with Crippen molar-refractivity contribution in [2.75, 3.05) is 7.11 Å². The van der Waals surface area contributed by atoms with E-state index < -0.39 is 11.5 Å². The highest BCUT2D eigenvalue weighted by Crippen LogP contribution is 2.58. The lowest BCUT2D eigenvalue weighted by Gasteiger charge is -2.46. The summed E-state index contributed by atoms with van der Waals surface area (Å²) in [6, 6.07) is 16.4. The molecule has 4 atom stereocenters. The standard InChI is InChI=1S/C20H18ClNO3/c1-25-19(24)18-20(13-5-3-2-4-6-13)11-15(23)16(20)17(22-18)12-7-9-14(21)10-8-12/h2-10,16-18,22H,11H2,1H3/t16-,17+,18-,20+/m1/s1. The summed E-state index contributed by atoms with van der Waals surface area (Å²) in [5.41, 5.74) is 1.39. The topological polar surface area (TPSA) is 55.4 Å². The van der Waals surface area contributed by atoms with Crippen molar-refractivity contribution in [3.8, 4) is 0 Å². The predicted molar refractivity (Wildman–Crippen MR) is 94.4 cm³/mol. The van der Waals surface area contributed by atoms with Gasteiger partial charge in [0, 0.05) is 28.8 Å². The Kier molecular flexibility index (Phi) is 3.89. The lowest BCUT2D eigenvalue weighted by Crippen LogP contribution is -2.58. The van der Waals surface area contributed by atoms with E-state index in [1.165, 1.54) is 7.11 Å². The van der Waals surface area contributed by atoms with Crippen LogP contribution in [0, 0.1) is 5.92 Å². The summed E-state index contributed by atoms with van der Waals surface area (Å²) < 4.78 is 5.04. The summed E-state index contributed by atoms with van der Waals surface area (Å²) >= 11 is 5.99. The Labute approximate surface area is 151 Å². The highest BCUT2D eigenvalue weighted by Gasteiger charge is 2.68. The van der Waals surface area contributed by atoms with Crippen LogP contribution in [-0.4, -0.2) is 24.9 Å². The molecule has 0 unspecified atom stereocenters. The number of Topliss-reactive ketones (excluding diaryl/α,β-unsaturated/α-hetero) is 1. The van der Waals surface area contributed by atoms with Crippen molar-refractivity contribution in [2.24, 2.45) is 5.92 Å². The molecule has 1 saturated carbocycles. The number of rotatable bonds is 3. The van der Waals surface area contributed by atoms with Gasteiger partial charge in [-0.2, -0.15) is 0 Å². The fourth-order valence-electron chi connectivity index (χ4n) is 4.41. The number of halogens is 1. The maximum Gasteiger partial charge on any atom is 0.323 e. The van der Waals surface area contributed by atoms with E-state index in [9.17, 15) is 9.59 Å². The van der Waals surface area contributed by atoms with Crippen LogP contribution in [0.15, 0.2) is 54.6 Å². The van der Waals surface area contributed by atoms with Crippen LogP contribution in [0.3, 0.4) is 0 Å². The van der Waals surface area contributed by atoms with Gasteiger partial charge in [-0.15, -0.1) is 0 Å². The van der Waals surface area contributed by atoms with Crippen LogP contribution in [0.2, 0.25) is 5.02 Å². The third kappa shape index (κ3) is 2.32. The van der Waals surface area contributed by atoms with E-state index in [-0.39, 0.29) is 23.7 Å². The molecule has 4 nitrogen and oxygen atoms in total. The Morgan fingerprint density at radius 3 is 2.44 bits per heavy atom. The molecule has 1 aliphatic carbocycles. The Morgan fingerprint density at radius 1 is 1.16 bits per heavy atom. The number of hydrogen-bond donors (Lipinski definition) is 1. The number of carbonyl (C=O) groups is 2. The van der Waals surface area contributed by atoms with Gasteiger partial charge in [-0.1, -0.05) is 54.1 Å². The van der Waals surface area contributed by atoms with Crippen LogP contribution < -0.4 is 5.32 Å². The Morgan fingerprint density at radius 2 is 1.84 bits per heavy atom. The first-order valence-electron chi connectivity index (χ1n) is 8.25. The second-order valence-electron chi connectivity index (χ2n) is 6.68. The molecule has 1 N–H and O–H groups in total. The number of ketones is 1.